The van der Waals surface area contributed by atoms with Crippen molar-refractivity contribution in [3.05, 3.63) is 103 Å². The van der Waals surface area contributed by atoms with Crippen LogP contribution in [0.4, 0.5) is 5.69 Å². The lowest BCUT2D eigenvalue weighted by Crippen LogP contribution is -2.19. The third-order valence-corrected chi connectivity index (χ3v) is 6.30. The van der Waals surface area contributed by atoms with E-state index >= 15 is 0 Å². The molecule has 1 amide bonds. The van der Waals surface area contributed by atoms with Gasteiger partial charge in [0.2, 0.25) is 0 Å². The van der Waals surface area contributed by atoms with E-state index in [2.05, 4.69) is 18.5 Å². The molecule has 0 aliphatic heterocycles. The fourth-order valence-electron chi connectivity index (χ4n) is 3.84. The standard InChI is InChI=1S/C34H36BNO9/c1-3-31(37)43-21-7-5-19-41-26-13-9-24(10-14-26)33(39)36-30-18-17-28(23-29(30)35)45-34(40)25-11-15-27(16-12-25)42-20-6-8-22-44-32(38)4-2/h3-4,9-18,23H,1-2,5-8,19-22,35H2,(H,36,39). The van der Waals surface area contributed by atoms with E-state index in [-0.39, 0.29) is 5.91 Å². The first-order chi connectivity index (χ1) is 21.8. The molecule has 0 aliphatic carbocycles. The maximum Gasteiger partial charge on any atom is 0.343 e. The topological polar surface area (TPSA) is 126 Å². The number of rotatable bonds is 18. The van der Waals surface area contributed by atoms with Crippen molar-refractivity contribution in [2.75, 3.05) is 31.7 Å². The Morgan fingerprint density at radius 3 is 1.60 bits per heavy atom. The fraction of sp³-hybridized carbons (Fsp3) is 0.235. The second-order valence-electron chi connectivity index (χ2n) is 9.72. The lowest BCUT2D eigenvalue weighted by molar-refractivity contribution is -0.138. The van der Waals surface area contributed by atoms with Crippen LogP contribution >= 0.6 is 0 Å². The molecule has 10 nitrogen and oxygen atoms in total. The molecule has 0 atom stereocenters. The van der Waals surface area contributed by atoms with E-state index < -0.39 is 17.9 Å². The molecule has 0 unspecified atom stereocenters. The number of anilines is 1. The minimum atomic E-state index is -0.528. The lowest BCUT2D eigenvalue weighted by atomic mass is 9.93. The molecular formula is C34H36BNO9. The molecule has 0 bridgehead atoms. The highest BCUT2D eigenvalue weighted by Crippen LogP contribution is 2.19. The van der Waals surface area contributed by atoms with E-state index in [1.54, 1.807) is 74.6 Å². The summed E-state index contributed by atoms with van der Waals surface area (Å²) < 4.78 is 26.7. The predicted octanol–water partition coefficient (Wildman–Crippen LogP) is 4.19. The Labute approximate surface area is 263 Å². The zero-order chi connectivity index (χ0) is 32.4. The van der Waals surface area contributed by atoms with Gasteiger partial charge < -0.3 is 29.0 Å². The smallest absolute Gasteiger partial charge is 0.343 e. The average molecular weight is 613 g/mol. The van der Waals surface area contributed by atoms with Gasteiger partial charge in [-0.2, -0.15) is 0 Å². The van der Waals surface area contributed by atoms with Gasteiger partial charge in [-0.15, -0.1) is 0 Å². The van der Waals surface area contributed by atoms with Crippen LogP contribution in [0.2, 0.25) is 0 Å². The second kappa shape index (κ2) is 18.4. The Morgan fingerprint density at radius 2 is 1.11 bits per heavy atom. The summed E-state index contributed by atoms with van der Waals surface area (Å²) in [6.07, 6.45) is 4.99. The third kappa shape index (κ3) is 12.1. The van der Waals surface area contributed by atoms with Gasteiger partial charge in [-0.25, -0.2) is 14.4 Å². The summed E-state index contributed by atoms with van der Waals surface area (Å²) in [4.78, 5) is 47.5. The summed E-state index contributed by atoms with van der Waals surface area (Å²) in [5.74, 6) is -0.142. The minimum absolute atomic E-state index is 0.295. The first-order valence-corrected chi connectivity index (χ1v) is 14.5. The number of nitrogens with one attached hydrogen (secondary N) is 1. The van der Waals surface area contributed by atoms with Gasteiger partial charge in [0.05, 0.1) is 32.0 Å². The normalized spacial score (nSPS) is 10.2. The monoisotopic (exact) mass is 613 g/mol. The number of amides is 1. The number of hydrogen-bond acceptors (Lipinski definition) is 9. The number of ether oxygens (including phenoxy) is 5. The second-order valence-corrected chi connectivity index (χ2v) is 9.72. The summed E-state index contributed by atoms with van der Waals surface area (Å²) in [5, 5.41) is 2.87. The number of unbranched alkanes of at least 4 members (excludes halogenated alkanes) is 2. The Balaban J connectivity index is 1.41. The Hall–Kier alpha value is -5.32. The molecule has 0 radical (unpaired) electrons. The summed E-state index contributed by atoms with van der Waals surface area (Å²) in [6, 6.07) is 18.3. The van der Waals surface area contributed by atoms with Gasteiger partial charge in [-0.3, -0.25) is 4.79 Å². The molecule has 3 aromatic rings. The van der Waals surface area contributed by atoms with Crippen LogP contribution in [0.5, 0.6) is 17.2 Å². The van der Waals surface area contributed by atoms with Crippen molar-refractivity contribution in [2.45, 2.75) is 25.7 Å². The number of esters is 3. The van der Waals surface area contributed by atoms with E-state index in [0.29, 0.717) is 86.2 Å². The van der Waals surface area contributed by atoms with Crippen LogP contribution in [0.1, 0.15) is 46.4 Å². The van der Waals surface area contributed by atoms with Crippen LogP contribution in [0, 0.1) is 0 Å². The highest BCUT2D eigenvalue weighted by molar-refractivity contribution is 6.36. The maximum absolute atomic E-state index is 12.8. The first-order valence-electron chi connectivity index (χ1n) is 14.5. The SMILES string of the molecule is Bc1cc(OC(=O)c2ccc(OCCCCOC(=O)C=C)cc2)ccc1NC(=O)c1ccc(OCCCCOC(=O)C=C)cc1. The quantitative estimate of drug-likeness (QED) is 0.0739. The molecule has 1 N–H and O–H groups in total. The summed E-state index contributed by atoms with van der Waals surface area (Å²) in [6.45, 7) is 8.19. The van der Waals surface area contributed by atoms with Gasteiger partial charge in [-0.05, 0) is 92.4 Å². The molecule has 3 rings (SSSR count). The van der Waals surface area contributed by atoms with Crippen molar-refractivity contribution in [1.29, 1.82) is 0 Å². The van der Waals surface area contributed by atoms with Crippen molar-refractivity contribution in [1.82, 2.24) is 0 Å². The fourth-order valence-corrected chi connectivity index (χ4v) is 3.84. The molecular weight excluding hydrogens is 577 g/mol. The zero-order valence-electron chi connectivity index (χ0n) is 25.3. The van der Waals surface area contributed by atoms with E-state index in [1.165, 1.54) is 0 Å². The molecule has 0 spiro atoms. The molecule has 0 fully saturated rings. The molecule has 11 heteroatoms. The van der Waals surface area contributed by atoms with Gasteiger partial charge >= 0.3 is 17.9 Å². The van der Waals surface area contributed by atoms with E-state index in [9.17, 15) is 19.2 Å². The molecule has 45 heavy (non-hydrogen) atoms. The number of carbonyl (C=O) groups excluding carboxylic acids is 4. The van der Waals surface area contributed by atoms with Crippen LogP contribution in [0.3, 0.4) is 0 Å². The van der Waals surface area contributed by atoms with Crippen LogP contribution in [-0.4, -0.2) is 58.1 Å². The molecule has 3 aromatic carbocycles. The average Bonchev–Trinajstić information content (AvgIpc) is 3.05. The van der Waals surface area contributed by atoms with Gasteiger partial charge in [0.1, 0.15) is 25.1 Å². The number of hydrogen-bond donors (Lipinski definition) is 1. The summed E-state index contributed by atoms with van der Waals surface area (Å²) >= 11 is 0. The predicted molar refractivity (Wildman–Crippen MR) is 172 cm³/mol. The number of benzene rings is 3. The lowest BCUT2D eigenvalue weighted by Gasteiger charge is -2.12. The van der Waals surface area contributed by atoms with Gasteiger partial charge in [0.25, 0.3) is 5.91 Å². The van der Waals surface area contributed by atoms with Crippen LogP contribution < -0.4 is 25.0 Å². The van der Waals surface area contributed by atoms with Crippen LogP contribution in [-0.2, 0) is 19.1 Å². The largest absolute Gasteiger partial charge is 0.494 e. The van der Waals surface area contributed by atoms with E-state index in [1.807, 2.05) is 0 Å². The van der Waals surface area contributed by atoms with E-state index in [0.717, 1.165) is 17.6 Å². The molecule has 0 saturated carbocycles. The van der Waals surface area contributed by atoms with Gasteiger partial charge in [0.15, 0.2) is 0 Å². The minimum Gasteiger partial charge on any atom is -0.494 e. The van der Waals surface area contributed by atoms with Crippen molar-refractivity contribution in [3.63, 3.8) is 0 Å². The van der Waals surface area contributed by atoms with Crippen molar-refractivity contribution in [2.24, 2.45) is 0 Å². The van der Waals surface area contributed by atoms with Crippen molar-refractivity contribution in [3.8, 4) is 17.2 Å². The van der Waals surface area contributed by atoms with Gasteiger partial charge in [0, 0.05) is 23.4 Å². The molecule has 0 saturated heterocycles. The summed E-state index contributed by atoms with van der Waals surface area (Å²) in [7, 11) is 1.80. The van der Waals surface area contributed by atoms with Crippen LogP contribution in [0.15, 0.2) is 92.0 Å². The van der Waals surface area contributed by atoms with Crippen molar-refractivity contribution >= 4 is 42.8 Å². The Morgan fingerprint density at radius 1 is 0.644 bits per heavy atom. The number of carbonyl (C=O) groups is 4. The van der Waals surface area contributed by atoms with Crippen molar-refractivity contribution < 1.29 is 42.9 Å². The molecule has 0 aromatic heterocycles. The first kappa shape index (κ1) is 34.2. The van der Waals surface area contributed by atoms with E-state index in [4.69, 9.17) is 23.7 Å². The highest BCUT2D eigenvalue weighted by Gasteiger charge is 2.12. The Bertz CT molecular complexity index is 1470. The van der Waals surface area contributed by atoms with Gasteiger partial charge in [-0.1, -0.05) is 18.6 Å². The van der Waals surface area contributed by atoms with Crippen LogP contribution in [0.25, 0.3) is 0 Å². The molecule has 0 heterocycles. The zero-order valence-corrected chi connectivity index (χ0v) is 25.3. The molecule has 234 valence electrons. The Kier molecular flexibility index (Phi) is 14.0. The molecule has 0 aliphatic rings. The maximum atomic E-state index is 12.8. The highest BCUT2D eigenvalue weighted by atomic mass is 16.5. The summed E-state index contributed by atoms with van der Waals surface area (Å²) in [5.41, 5.74) is 2.11. The third-order valence-electron chi connectivity index (χ3n) is 6.30.